The highest BCUT2D eigenvalue weighted by Crippen LogP contribution is 2.30. The number of aliphatic imine (C=N–C) groups is 1. The van der Waals surface area contributed by atoms with Crippen molar-refractivity contribution in [2.45, 2.75) is 32.6 Å². The number of fused-ring (bicyclic) bond motifs is 1. The summed E-state index contributed by atoms with van der Waals surface area (Å²) in [4.78, 5) is 46.3. The zero-order valence-electron chi connectivity index (χ0n) is 17.3. The number of carbonyl (C=O) groups is 3. The first-order valence-electron chi connectivity index (χ1n) is 9.66. The molecule has 2 N–H and O–H groups in total. The van der Waals surface area contributed by atoms with E-state index in [9.17, 15) is 14.4 Å². The predicted molar refractivity (Wildman–Crippen MR) is 113 cm³/mol. The molecule has 3 heterocycles. The van der Waals surface area contributed by atoms with Gasteiger partial charge in [0.2, 0.25) is 11.9 Å². The minimum atomic E-state index is -0.833. The molecule has 2 unspecified atom stereocenters. The van der Waals surface area contributed by atoms with Crippen molar-refractivity contribution in [3.63, 3.8) is 0 Å². The van der Waals surface area contributed by atoms with Crippen molar-refractivity contribution >= 4 is 35.4 Å². The van der Waals surface area contributed by atoms with Gasteiger partial charge in [0.1, 0.15) is 6.54 Å². The van der Waals surface area contributed by atoms with Crippen molar-refractivity contribution in [3.8, 4) is 0 Å². The van der Waals surface area contributed by atoms with Crippen LogP contribution >= 0.6 is 11.6 Å². The lowest BCUT2D eigenvalue weighted by atomic mass is 10.1. The molecule has 1 fully saturated rings. The van der Waals surface area contributed by atoms with Crippen LogP contribution in [0, 0.1) is 13.8 Å². The number of nitrogens with two attached hydrogens (primary N) is 1. The van der Waals surface area contributed by atoms with Crippen LogP contribution in [0.5, 0.6) is 0 Å². The van der Waals surface area contributed by atoms with Gasteiger partial charge in [-0.05, 0) is 37.6 Å². The fourth-order valence-electron chi connectivity index (χ4n) is 3.98. The van der Waals surface area contributed by atoms with Gasteiger partial charge in [-0.3, -0.25) is 14.5 Å². The average molecular weight is 444 g/mol. The third kappa shape index (κ3) is 3.63. The number of benzene rings is 1. The number of nitrogens with zero attached hydrogens (tertiary/aromatic N) is 6. The highest BCUT2D eigenvalue weighted by molar-refractivity contribution is 6.30. The van der Waals surface area contributed by atoms with Gasteiger partial charge in [0.15, 0.2) is 12.2 Å². The van der Waals surface area contributed by atoms with E-state index in [1.54, 1.807) is 28.8 Å². The van der Waals surface area contributed by atoms with E-state index in [4.69, 9.17) is 22.3 Å². The largest absolute Gasteiger partial charge is 0.368 e. The Morgan fingerprint density at radius 1 is 1.23 bits per heavy atom. The van der Waals surface area contributed by atoms with Gasteiger partial charge in [-0.15, -0.1) is 0 Å². The number of aromatic nitrogens is 2. The third-order valence-corrected chi connectivity index (χ3v) is 5.56. The molecule has 1 aromatic heterocycles. The minimum absolute atomic E-state index is 0.303. The van der Waals surface area contributed by atoms with Crippen LogP contribution in [0.3, 0.4) is 0 Å². The number of halogens is 1. The maximum atomic E-state index is 13.3. The van der Waals surface area contributed by atoms with Crippen LogP contribution in [-0.4, -0.2) is 74.1 Å². The van der Waals surface area contributed by atoms with E-state index in [0.717, 1.165) is 21.9 Å². The molecule has 0 spiro atoms. The van der Waals surface area contributed by atoms with E-state index < -0.39 is 36.6 Å². The summed E-state index contributed by atoms with van der Waals surface area (Å²) in [5.74, 6) is -0.865. The number of hydrogen-bond donors (Lipinski definition) is 1. The Labute approximate surface area is 183 Å². The van der Waals surface area contributed by atoms with E-state index in [1.165, 1.54) is 4.90 Å². The van der Waals surface area contributed by atoms with Crippen LogP contribution in [-0.2, 0) is 16.1 Å². The summed E-state index contributed by atoms with van der Waals surface area (Å²) < 4.78 is 1.65. The average Bonchev–Trinajstić information content (AvgIpc) is 3.23. The first-order valence-corrected chi connectivity index (χ1v) is 10.0. The fourth-order valence-corrected chi connectivity index (χ4v) is 4.19. The number of aryl methyl sites for hydroxylation is 2. The molecule has 2 aromatic rings. The van der Waals surface area contributed by atoms with Crippen molar-refractivity contribution in [2.75, 3.05) is 13.6 Å². The van der Waals surface area contributed by atoms with Gasteiger partial charge in [0, 0.05) is 24.3 Å². The second-order valence-electron chi connectivity index (χ2n) is 7.67. The second kappa shape index (κ2) is 7.69. The van der Waals surface area contributed by atoms with Crippen LogP contribution in [0.4, 0.5) is 4.79 Å². The molecule has 2 aliphatic heterocycles. The van der Waals surface area contributed by atoms with E-state index in [-0.39, 0.29) is 0 Å². The highest BCUT2D eigenvalue weighted by Gasteiger charge is 2.53. The molecule has 1 saturated heterocycles. The molecular weight excluding hydrogens is 422 g/mol. The Bertz CT molecular complexity index is 1110. The monoisotopic (exact) mass is 443 g/mol. The first kappa shape index (κ1) is 20.9. The number of likely N-dealkylation sites (N-methyl/N-ethyl adjacent to an activating group) is 1. The van der Waals surface area contributed by atoms with Crippen LogP contribution in [0.25, 0.3) is 0 Å². The second-order valence-corrected chi connectivity index (χ2v) is 8.10. The SMILES string of the molecule is Cc1cc(C)n(C2=NC3C(C(=O)N(CC(N)=O)C(=O)N3C)N2Cc2cccc(Cl)c2)n1. The van der Waals surface area contributed by atoms with Gasteiger partial charge < -0.3 is 15.5 Å². The fraction of sp³-hybridized carbons (Fsp3) is 0.350. The van der Waals surface area contributed by atoms with Gasteiger partial charge >= 0.3 is 6.03 Å². The van der Waals surface area contributed by atoms with Gasteiger partial charge in [-0.1, -0.05) is 23.7 Å². The molecule has 4 rings (SSSR count). The molecule has 0 bridgehead atoms. The molecule has 0 aliphatic carbocycles. The topological polar surface area (TPSA) is 117 Å². The van der Waals surface area contributed by atoms with E-state index in [2.05, 4.69) is 5.10 Å². The first-order chi connectivity index (χ1) is 14.7. The number of hydrogen-bond acceptors (Lipinski definition) is 6. The van der Waals surface area contributed by atoms with E-state index in [0.29, 0.717) is 17.5 Å². The Hall–Kier alpha value is -3.40. The zero-order valence-corrected chi connectivity index (χ0v) is 18.1. The molecule has 2 atom stereocenters. The zero-order chi connectivity index (χ0) is 22.4. The molecule has 0 saturated carbocycles. The maximum absolute atomic E-state index is 13.3. The lowest BCUT2D eigenvalue weighted by Crippen LogP contribution is -2.66. The molecule has 162 valence electrons. The summed E-state index contributed by atoms with van der Waals surface area (Å²) in [7, 11) is 1.55. The molecule has 4 amide bonds. The lowest BCUT2D eigenvalue weighted by molar-refractivity contribution is -0.140. The standard InChI is InChI=1S/C20H22ClN7O3/c1-11-7-12(2)28(24-11)19-23-17-16(26(19)9-13-5-4-6-14(21)8-13)18(30)27(10-15(22)29)20(31)25(17)3/h4-8,16-17H,9-10H2,1-3H3,(H2,22,29). The molecule has 2 aliphatic rings. The molecule has 1 aromatic carbocycles. The Morgan fingerprint density at radius 2 is 1.97 bits per heavy atom. The Balaban J connectivity index is 1.79. The van der Waals surface area contributed by atoms with E-state index >= 15 is 0 Å². The summed E-state index contributed by atoms with van der Waals surface area (Å²) in [5, 5.41) is 5.08. The number of carbonyl (C=O) groups excluding carboxylic acids is 3. The Kier molecular flexibility index (Phi) is 5.18. The van der Waals surface area contributed by atoms with E-state index in [1.807, 2.05) is 32.0 Å². The van der Waals surface area contributed by atoms with Crippen molar-refractivity contribution in [1.82, 2.24) is 24.5 Å². The van der Waals surface area contributed by atoms with Crippen LogP contribution in [0.15, 0.2) is 35.3 Å². The van der Waals surface area contributed by atoms with Gasteiger partial charge in [0.05, 0.1) is 5.69 Å². The van der Waals surface area contributed by atoms with Crippen molar-refractivity contribution in [2.24, 2.45) is 10.7 Å². The summed E-state index contributed by atoms with van der Waals surface area (Å²) >= 11 is 6.16. The Morgan fingerprint density at radius 3 is 2.58 bits per heavy atom. The number of imide groups is 1. The van der Waals surface area contributed by atoms with Crippen molar-refractivity contribution in [3.05, 3.63) is 52.3 Å². The quantitative estimate of drug-likeness (QED) is 0.754. The van der Waals surface area contributed by atoms with Gasteiger partial charge in [-0.2, -0.15) is 5.10 Å². The smallest absolute Gasteiger partial charge is 0.328 e. The van der Waals surface area contributed by atoms with Crippen molar-refractivity contribution in [1.29, 1.82) is 0 Å². The summed E-state index contributed by atoms with van der Waals surface area (Å²) in [5.41, 5.74) is 7.76. The van der Waals surface area contributed by atoms with Gasteiger partial charge in [0.25, 0.3) is 5.91 Å². The van der Waals surface area contributed by atoms with Crippen molar-refractivity contribution < 1.29 is 14.4 Å². The third-order valence-electron chi connectivity index (χ3n) is 5.33. The molecule has 11 heteroatoms. The lowest BCUT2D eigenvalue weighted by Gasteiger charge is -2.40. The van der Waals surface area contributed by atoms with Crippen LogP contribution in [0.1, 0.15) is 17.0 Å². The van der Waals surface area contributed by atoms with Crippen LogP contribution in [0.2, 0.25) is 5.02 Å². The molecule has 31 heavy (non-hydrogen) atoms. The molecule has 0 radical (unpaired) electrons. The maximum Gasteiger partial charge on any atom is 0.328 e. The number of rotatable bonds is 4. The number of amides is 4. The predicted octanol–water partition coefficient (Wildman–Crippen LogP) is 0.947. The normalized spacial score (nSPS) is 20.9. The number of urea groups is 1. The summed E-state index contributed by atoms with van der Waals surface area (Å²) in [6.45, 7) is 3.56. The summed E-state index contributed by atoms with van der Waals surface area (Å²) in [6.07, 6.45) is -0.762. The summed E-state index contributed by atoms with van der Waals surface area (Å²) in [6, 6.07) is 7.73. The number of primary amides is 1. The van der Waals surface area contributed by atoms with Gasteiger partial charge in [-0.25, -0.2) is 14.5 Å². The molecular formula is C20H22ClN7O3. The highest BCUT2D eigenvalue weighted by atomic mass is 35.5. The minimum Gasteiger partial charge on any atom is -0.368 e. The van der Waals surface area contributed by atoms with Crippen LogP contribution < -0.4 is 5.73 Å². The molecule has 10 nitrogen and oxygen atoms in total.